The largest absolute Gasteiger partial charge is 0.497 e. The van der Waals surface area contributed by atoms with E-state index in [0.29, 0.717) is 5.92 Å². The van der Waals surface area contributed by atoms with Crippen molar-refractivity contribution in [3.8, 4) is 5.75 Å². The van der Waals surface area contributed by atoms with Crippen molar-refractivity contribution >= 4 is 0 Å². The topological polar surface area (TPSA) is 29.5 Å². The molecule has 2 nitrogen and oxygen atoms in total. The van der Waals surface area contributed by atoms with Gasteiger partial charge in [0.15, 0.2) is 0 Å². The van der Waals surface area contributed by atoms with Crippen LogP contribution < -0.4 is 4.74 Å². The number of rotatable bonds is 10. The van der Waals surface area contributed by atoms with Crippen LogP contribution in [0.3, 0.4) is 0 Å². The zero-order valence-corrected chi connectivity index (χ0v) is 12.4. The van der Waals surface area contributed by atoms with Crippen LogP contribution in [0, 0.1) is 5.92 Å². The molecule has 1 rings (SSSR count). The lowest BCUT2D eigenvalue weighted by Crippen LogP contribution is -2.09. The lowest BCUT2D eigenvalue weighted by atomic mass is 9.94. The first kappa shape index (κ1) is 16.0. The third-order valence-electron chi connectivity index (χ3n) is 3.63. The van der Waals surface area contributed by atoms with E-state index in [1.54, 1.807) is 7.11 Å². The molecule has 1 aromatic carbocycles. The number of ether oxygens (including phenoxy) is 1. The highest BCUT2D eigenvalue weighted by atomic mass is 16.5. The molecular weight excluding hydrogens is 236 g/mol. The molecule has 108 valence electrons. The van der Waals surface area contributed by atoms with Gasteiger partial charge in [0.25, 0.3) is 0 Å². The van der Waals surface area contributed by atoms with Crippen molar-refractivity contribution in [2.24, 2.45) is 5.92 Å². The standard InChI is InChI=1S/C17H28O2/c1-3-4-5-6-7-9-16(14-18)12-15-10-8-11-17(13-15)19-2/h8,10-11,13,16,18H,3-7,9,12,14H2,1-2H3. The van der Waals surface area contributed by atoms with Crippen LogP contribution in [-0.2, 0) is 6.42 Å². The molecule has 0 bridgehead atoms. The number of methoxy groups -OCH3 is 1. The highest BCUT2D eigenvalue weighted by Crippen LogP contribution is 2.19. The normalized spacial score (nSPS) is 12.4. The van der Waals surface area contributed by atoms with Crippen molar-refractivity contribution in [3.05, 3.63) is 29.8 Å². The maximum Gasteiger partial charge on any atom is 0.119 e. The molecule has 0 spiro atoms. The van der Waals surface area contributed by atoms with E-state index in [0.717, 1.165) is 18.6 Å². The van der Waals surface area contributed by atoms with Crippen molar-refractivity contribution in [2.75, 3.05) is 13.7 Å². The molecule has 1 atom stereocenters. The average molecular weight is 264 g/mol. The van der Waals surface area contributed by atoms with Gasteiger partial charge < -0.3 is 9.84 Å². The zero-order chi connectivity index (χ0) is 13.9. The summed E-state index contributed by atoms with van der Waals surface area (Å²) in [5, 5.41) is 9.49. The highest BCUT2D eigenvalue weighted by molar-refractivity contribution is 5.28. The Morgan fingerprint density at radius 2 is 1.95 bits per heavy atom. The summed E-state index contributed by atoms with van der Waals surface area (Å²) in [6, 6.07) is 8.16. The van der Waals surface area contributed by atoms with E-state index < -0.39 is 0 Å². The van der Waals surface area contributed by atoms with Crippen molar-refractivity contribution in [3.63, 3.8) is 0 Å². The van der Waals surface area contributed by atoms with E-state index in [-0.39, 0.29) is 6.61 Å². The molecule has 19 heavy (non-hydrogen) atoms. The van der Waals surface area contributed by atoms with Crippen LogP contribution in [0.4, 0.5) is 0 Å². The van der Waals surface area contributed by atoms with E-state index in [1.165, 1.54) is 37.7 Å². The number of benzene rings is 1. The quantitative estimate of drug-likeness (QED) is 0.642. The third kappa shape index (κ3) is 6.63. The zero-order valence-electron chi connectivity index (χ0n) is 12.4. The number of aliphatic hydroxyl groups excluding tert-OH is 1. The molecule has 0 aliphatic rings. The summed E-state index contributed by atoms with van der Waals surface area (Å²) >= 11 is 0. The van der Waals surface area contributed by atoms with Crippen LogP contribution in [0.25, 0.3) is 0 Å². The number of unbranched alkanes of at least 4 members (excludes halogenated alkanes) is 4. The number of hydrogen-bond acceptors (Lipinski definition) is 2. The van der Waals surface area contributed by atoms with Gasteiger partial charge in [0, 0.05) is 6.61 Å². The van der Waals surface area contributed by atoms with Gasteiger partial charge in [-0.1, -0.05) is 51.2 Å². The monoisotopic (exact) mass is 264 g/mol. The predicted molar refractivity (Wildman–Crippen MR) is 80.6 cm³/mol. The molecule has 1 aromatic rings. The Bertz CT molecular complexity index is 336. The Hall–Kier alpha value is -1.02. The first-order valence-electron chi connectivity index (χ1n) is 7.54. The van der Waals surface area contributed by atoms with Gasteiger partial charge >= 0.3 is 0 Å². The molecule has 0 amide bonds. The molecule has 0 aromatic heterocycles. The van der Waals surface area contributed by atoms with Crippen LogP contribution in [0.5, 0.6) is 5.75 Å². The first-order valence-corrected chi connectivity index (χ1v) is 7.54. The smallest absolute Gasteiger partial charge is 0.119 e. The molecule has 2 heteroatoms. The Morgan fingerprint density at radius 3 is 2.63 bits per heavy atom. The molecule has 0 saturated heterocycles. The molecule has 0 fully saturated rings. The Balaban J connectivity index is 2.34. The molecule has 0 aliphatic carbocycles. The summed E-state index contributed by atoms with van der Waals surface area (Å²) in [4.78, 5) is 0. The lowest BCUT2D eigenvalue weighted by Gasteiger charge is -2.14. The Morgan fingerprint density at radius 1 is 1.16 bits per heavy atom. The van der Waals surface area contributed by atoms with E-state index in [9.17, 15) is 5.11 Å². The van der Waals surface area contributed by atoms with Gasteiger partial charge in [-0.05, 0) is 36.5 Å². The van der Waals surface area contributed by atoms with Gasteiger partial charge in [0.2, 0.25) is 0 Å². The second kappa shape index (κ2) is 9.85. The second-order valence-corrected chi connectivity index (χ2v) is 5.31. The van der Waals surface area contributed by atoms with Crippen LogP contribution in [-0.4, -0.2) is 18.8 Å². The molecule has 1 N–H and O–H groups in total. The van der Waals surface area contributed by atoms with Gasteiger partial charge in [0.05, 0.1) is 7.11 Å². The van der Waals surface area contributed by atoms with Gasteiger partial charge in [-0.25, -0.2) is 0 Å². The highest BCUT2D eigenvalue weighted by Gasteiger charge is 2.09. The Labute approximate surface area is 117 Å². The molecule has 1 unspecified atom stereocenters. The van der Waals surface area contributed by atoms with Gasteiger partial charge in [-0.15, -0.1) is 0 Å². The van der Waals surface area contributed by atoms with Crippen molar-refractivity contribution < 1.29 is 9.84 Å². The van der Waals surface area contributed by atoms with Crippen LogP contribution in [0.15, 0.2) is 24.3 Å². The number of hydrogen-bond donors (Lipinski definition) is 1. The van der Waals surface area contributed by atoms with Crippen LogP contribution in [0.1, 0.15) is 51.0 Å². The summed E-state index contributed by atoms with van der Waals surface area (Å²) in [6.45, 7) is 2.52. The third-order valence-corrected chi connectivity index (χ3v) is 3.63. The van der Waals surface area contributed by atoms with E-state index >= 15 is 0 Å². The van der Waals surface area contributed by atoms with Crippen molar-refractivity contribution in [1.82, 2.24) is 0 Å². The fraction of sp³-hybridized carbons (Fsp3) is 0.647. The van der Waals surface area contributed by atoms with Crippen molar-refractivity contribution in [2.45, 2.75) is 51.9 Å². The van der Waals surface area contributed by atoms with E-state index in [2.05, 4.69) is 19.1 Å². The Kier molecular flexibility index (Phi) is 8.31. The minimum absolute atomic E-state index is 0.283. The van der Waals surface area contributed by atoms with Gasteiger partial charge in [0.1, 0.15) is 5.75 Å². The minimum Gasteiger partial charge on any atom is -0.497 e. The summed E-state index contributed by atoms with van der Waals surface area (Å²) in [6.07, 6.45) is 8.54. The maximum atomic E-state index is 9.49. The summed E-state index contributed by atoms with van der Waals surface area (Å²) in [5.74, 6) is 1.28. The van der Waals surface area contributed by atoms with E-state index in [1.807, 2.05) is 12.1 Å². The maximum absolute atomic E-state index is 9.49. The first-order chi connectivity index (χ1) is 9.30. The van der Waals surface area contributed by atoms with Gasteiger partial charge in [-0.3, -0.25) is 0 Å². The molecule has 0 saturated carbocycles. The van der Waals surface area contributed by atoms with Crippen LogP contribution in [0.2, 0.25) is 0 Å². The van der Waals surface area contributed by atoms with Crippen LogP contribution >= 0.6 is 0 Å². The predicted octanol–water partition coefficient (Wildman–Crippen LogP) is 4.21. The van der Waals surface area contributed by atoms with E-state index in [4.69, 9.17) is 4.74 Å². The second-order valence-electron chi connectivity index (χ2n) is 5.31. The summed E-state index contributed by atoms with van der Waals surface area (Å²) < 4.78 is 5.23. The SMILES string of the molecule is CCCCCCCC(CO)Cc1cccc(OC)c1. The lowest BCUT2D eigenvalue weighted by molar-refractivity contribution is 0.214. The summed E-state index contributed by atoms with van der Waals surface area (Å²) in [7, 11) is 1.69. The number of aliphatic hydroxyl groups is 1. The fourth-order valence-electron chi connectivity index (χ4n) is 2.43. The minimum atomic E-state index is 0.283. The van der Waals surface area contributed by atoms with Crippen molar-refractivity contribution in [1.29, 1.82) is 0 Å². The molecule has 0 radical (unpaired) electrons. The molecular formula is C17H28O2. The average Bonchev–Trinajstić information content (AvgIpc) is 2.46. The summed E-state index contributed by atoms with van der Waals surface area (Å²) in [5.41, 5.74) is 1.26. The fourth-order valence-corrected chi connectivity index (χ4v) is 2.43. The molecule has 0 heterocycles. The molecule has 0 aliphatic heterocycles. The van der Waals surface area contributed by atoms with Gasteiger partial charge in [-0.2, -0.15) is 0 Å².